The molecule has 0 radical (unpaired) electrons. The van der Waals surface area contributed by atoms with Crippen molar-refractivity contribution < 1.29 is 19.2 Å². The maximum absolute atomic E-state index is 13.0. The Bertz CT molecular complexity index is 806. The van der Waals surface area contributed by atoms with Crippen LogP contribution >= 0.6 is 0 Å². The van der Waals surface area contributed by atoms with Crippen LogP contribution in [0.1, 0.15) is 40.0 Å². The third-order valence-electron chi connectivity index (χ3n) is 5.19. The van der Waals surface area contributed by atoms with E-state index in [-0.39, 0.29) is 41.8 Å². The summed E-state index contributed by atoms with van der Waals surface area (Å²) in [5, 5.41) is 8.16. The number of carbonyl (C=O) groups is 4. The van der Waals surface area contributed by atoms with E-state index in [1.165, 1.54) is 6.07 Å². The second-order valence-electron chi connectivity index (χ2n) is 7.03. The van der Waals surface area contributed by atoms with E-state index in [0.717, 1.165) is 19.3 Å². The maximum atomic E-state index is 13.0. The van der Waals surface area contributed by atoms with Crippen molar-refractivity contribution in [2.45, 2.75) is 25.3 Å². The monoisotopic (exact) mass is 356 g/mol. The molecule has 136 valence electrons. The van der Waals surface area contributed by atoms with Crippen molar-refractivity contribution >= 4 is 29.3 Å². The Labute approximate surface area is 150 Å². The summed E-state index contributed by atoms with van der Waals surface area (Å²) in [6.07, 6.45) is 2.63. The van der Waals surface area contributed by atoms with Gasteiger partial charge >= 0.3 is 0 Å². The summed E-state index contributed by atoms with van der Waals surface area (Å²) < 4.78 is 0. The molecule has 2 saturated heterocycles. The van der Waals surface area contributed by atoms with Crippen LogP contribution in [0, 0.1) is 5.92 Å². The van der Waals surface area contributed by atoms with Crippen LogP contribution < -0.4 is 16.0 Å². The SMILES string of the molecule is O=C1CNC(=O)c2cc(C(=O)N3CC4CCCC(C3)C(=O)N4)ccc2N1. The lowest BCUT2D eigenvalue weighted by Crippen LogP contribution is -2.41. The van der Waals surface area contributed by atoms with Gasteiger partial charge in [-0.3, -0.25) is 19.2 Å². The van der Waals surface area contributed by atoms with Crippen LogP contribution in [0.3, 0.4) is 0 Å². The molecule has 3 aliphatic heterocycles. The summed E-state index contributed by atoms with van der Waals surface area (Å²) in [6, 6.07) is 4.67. The Morgan fingerprint density at radius 3 is 2.81 bits per heavy atom. The average molecular weight is 356 g/mol. The quantitative estimate of drug-likeness (QED) is 0.664. The van der Waals surface area contributed by atoms with E-state index < -0.39 is 5.91 Å². The van der Waals surface area contributed by atoms with Crippen molar-refractivity contribution in [3.8, 4) is 0 Å². The summed E-state index contributed by atoms with van der Waals surface area (Å²) in [6.45, 7) is 0.766. The van der Waals surface area contributed by atoms with Crippen LogP contribution in [0.4, 0.5) is 5.69 Å². The molecule has 2 fully saturated rings. The van der Waals surface area contributed by atoms with Gasteiger partial charge in [-0.25, -0.2) is 0 Å². The van der Waals surface area contributed by atoms with E-state index in [1.807, 2.05) is 0 Å². The predicted octanol–water partition coefficient (Wildman–Crippen LogP) is 0.109. The van der Waals surface area contributed by atoms with Crippen LogP contribution in [-0.4, -0.2) is 54.2 Å². The number of nitrogens with one attached hydrogen (secondary N) is 3. The molecule has 0 saturated carbocycles. The summed E-state index contributed by atoms with van der Waals surface area (Å²) in [5.74, 6) is -1.06. The predicted molar refractivity (Wildman–Crippen MR) is 92.6 cm³/mol. The van der Waals surface area contributed by atoms with Gasteiger partial charge in [0.1, 0.15) is 0 Å². The number of hydrogen-bond donors (Lipinski definition) is 3. The number of amides is 4. The lowest BCUT2D eigenvalue weighted by Gasteiger charge is -2.27. The van der Waals surface area contributed by atoms with Gasteiger partial charge in [-0.2, -0.15) is 0 Å². The first kappa shape index (κ1) is 16.6. The fraction of sp³-hybridized carbons (Fsp3) is 0.444. The first-order valence-corrected chi connectivity index (χ1v) is 8.83. The van der Waals surface area contributed by atoms with Gasteiger partial charge in [0, 0.05) is 24.7 Å². The smallest absolute Gasteiger partial charge is 0.253 e. The highest BCUT2D eigenvalue weighted by molar-refractivity contribution is 6.10. The van der Waals surface area contributed by atoms with Gasteiger partial charge in [-0.1, -0.05) is 6.42 Å². The van der Waals surface area contributed by atoms with Crippen molar-refractivity contribution in [1.82, 2.24) is 15.5 Å². The number of likely N-dealkylation sites (tertiary alicyclic amines) is 1. The second kappa shape index (κ2) is 6.44. The van der Waals surface area contributed by atoms with Crippen LogP contribution in [0.5, 0.6) is 0 Å². The molecule has 3 aliphatic rings. The molecule has 3 N–H and O–H groups in total. The maximum Gasteiger partial charge on any atom is 0.253 e. The highest BCUT2D eigenvalue weighted by Gasteiger charge is 2.35. The Hall–Kier alpha value is -2.90. The molecule has 8 heteroatoms. The van der Waals surface area contributed by atoms with Gasteiger partial charge in [0.2, 0.25) is 11.8 Å². The number of hydrogen-bond acceptors (Lipinski definition) is 4. The first-order chi connectivity index (χ1) is 12.5. The van der Waals surface area contributed by atoms with Crippen molar-refractivity contribution in [3.63, 3.8) is 0 Å². The van der Waals surface area contributed by atoms with E-state index in [1.54, 1.807) is 17.0 Å². The molecular formula is C18H20N4O4. The molecule has 2 atom stereocenters. The molecule has 0 spiro atoms. The summed E-state index contributed by atoms with van der Waals surface area (Å²) in [7, 11) is 0. The van der Waals surface area contributed by atoms with E-state index in [9.17, 15) is 19.2 Å². The Kier molecular flexibility index (Phi) is 4.10. The van der Waals surface area contributed by atoms with Gasteiger partial charge in [0.05, 0.1) is 23.7 Å². The minimum Gasteiger partial charge on any atom is -0.351 e. The van der Waals surface area contributed by atoms with Gasteiger partial charge in [0.15, 0.2) is 0 Å². The Morgan fingerprint density at radius 1 is 1.12 bits per heavy atom. The largest absolute Gasteiger partial charge is 0.351 e. The normalized spacial score (nSPS) is 25.2. The van der Waals surface area contributed by atoms with Crippen LogP contribution in [0.2, 0.25) is 0 Å². The number of rotatable bonds is 1. The van der Waals surface area contributed by atoms with Crippen LogP contribution in [0.25, 0.3) is 0 Å². The zero-order chi connectivity index (χ0) is 18.3. The van der Waals surface area contributed by atoms with E-state index in [2.05, 4.69) is 16.0 Å². The Morgan fingerprint density at radius 2 is 1.96 bits per heavy atom. The third-order valence-corrected chi connectivity index (χ3v) is 5.19. The molecule has 0 aromatic heterocycles. The van der Waals surface area contributed by atoms with E-state index in [4.69, 9.17) is 0 Å². The minimum atomic E-state index is -0.391. The molecule has 2 bridgehead atoms. The van der Waals surface area contributed by atoms with Gasteiger partial charge in [0.25, 0.3) is 11.8 Å². The summed E-state index contributed by atoms with van der Waals surface area (Å²) >= 11 is 0. The number of nitrogens with zero attached hydrogens (tertiary/aromatic N) is 1. The van der Waals surface area contributed by atoms with E-state index >= 15 is 0 Å². The zero-order valence-electron chi connectivity index (χ0n) is 14.2. The first-order valence-electron chi connectivity index (χ1n) is 8.83. The van der Waals surface area contributed by atoms with Crippen LogP contribution in [-0.2, 0) is 9.59 Å². The standard InChI is InChI=1S/C18H20N4O4/c23-15-7-19-17(25)13-6-10(4-5-14(13)21-15)18(26)22-8-11-2-1-3-12(9-22)20-16(11)24/h4-6,11-12H,1-3,7-9H2,(H,19,25)(H,20,24)(H,21,23). The lowest BCUT2D eigenvalue weighted by molar-refractivity contribution is -0.124. The molecule has 0 aliphatic carbocycles. The summed E-state index contributed by atoms with van der Waals surface area (Å²) in [5.41, 5.74) is 1.04. The zero-order valence-corrected chi connectivity index (χ0v) is 14.2. The number of anilines is 1. The Balaban J connectivity index is 1.61. The molecule has 1 aromatic carbocycles. The molecule has 1 aromatic rings. The number of carbonyl (C=O) groups excluding carboxylic acids is 4. The van der Waals surface area contributed by atoms with Gasteiger partial charge in [-0.05, 0) is 31.0 Å². The number of fused-ring (bicyclic) bond motifs is 4. The van der Waals surface area contributed by atoms with Gasteiger partial charge in [-0.15, -0.1) is 0 Å². The second-order valence-corrected chi connectivity index (χ2v) is 7.03. The fourth-order valence-corrected chi connectivity index (χ4v) is 3.82. The number of benzene rings is 1. The topological polar surface area (TPSA) is 108 Å². The van der Waals surface area contributed by atoms with Crippen molar-refractivity contribution in [2.75, 3.05) is 25.0 Å². The molecule has 2 unspecified atom stereocenters. The molecule has 3 heterocycles. The van der Waals surface area contributed by atoms with Crippen molar-refractivity contribution in [1.29, 1.82) is 0 Å². The van der Waals surface area contributed by atoms with Gasteiger partial charge < -0.3 is 20.9 Å². The molecular weight excluding hydrogens is 336 g/mol. The molecule has 26 heavy (non-hydrogen) atoms. The minimum absolute atomic E-state index is 0.0202. The lowest BCUT2D eigenvalue weighted by atomic mass is 9.98. The van der Waals surface area contributed by atoms with Crippen molar-refractivity contribution in [2.24, 2.45) is 5.92 Å². The highest BCUT2D eigenvalue weighted by Crippen LogP contribution is 2.25. The van der Waals surface area contributed by atoms with Crippen molar-refractivity contribution in [3.05, 3.63) is 29.3 Å². The van der Waals surface area contributed by atoms with E-state index in [0.29, 0.717) is 24.3 Å². The third kappa shape index (κ3) is 3.02. The molecule has 4 rings (SSSR count). The molecule has 8 nitrogen and oxygen atoms in total. The average Bonchev–Trinajstić information content (AvgIpc) is 2.94. The molecule has 4 amide bonds. The summed E-state index contributed by atoms with van der Waals surface area (Å²) in [4.78, 5) is 50.6. The van der Waals surface area contributed by atoms with Crippen LogP contribution in [0.15, 0.2) is 18.2 Å². The highest BCUT2D eigenvalue weighted by atomic mass is 16.2. The fourth-order valence-electron chi connectivity index (χ4n) is 3.82.